The summed E-state index contributed by atoms with van der Waals surface area (Å²) in [5.41, 5.74) is 2.07. The van der Waals surface area contributed by atoms with Gasteiger partial charge in [-0.05, 0) is 53.7 Å². The van der Waals surface area contributed by atoms with Gasteiger partial charge < -0.3 is 4.98 Å². The molecule has 18 heavy (non-hydrogen) atoms. The van der Waals surface area contributed by atoms with E-state index in [-0.39, 0.29) is 11.2 Å². The van der Waals surface area contributed by atoms with E-state index in [0.717, 1.165) is 43.4 Å². The maximum Gasteiger partial charge on any atom is 0.194 e. The Labute approximate surface area is 112 Å². The number of H-pyrrole nitrogens is 1. The summed E-state index contributed by atoms with van der Waals surface area (Å²) in [4.78, 5) is 15.6. The minimum Gasteiger partial charge on any atom is -0.356 e. The number of halogens is 2. The second kappa shape index (κ2) is 4.50. The van der Waals surface area contributed by atoms with E-state index in [1.807, 2.05) is 0 Å². The molecule has 3 rings (SSSR count). The molecule has 0 fully saturated rings. The van der Waals surface area contributed by atoms with E-state index in [9.17, 15) is 9.18 Å². The number of fused-ring (bicyclic) bond motifs is 2. The van der Waals surface area contributed by atoms with Crippen LogP contribution in [-0.2, 0) is 12.8 Å². The maximum absolute atomic E-state index is 13.8. The Morgan fingerprint density at radius 3 is 2.78 bits per heavy atom. The normalized spacial score (nSPS) is 15.4. The lowest BCUT2D eigenvalue weighted by atomic mass is 10.0. The molecule has 1 aliphatic carbocycles. The molecule has 1 heterocycles. The van der Waals surface area contributed by atoms with Crippen LogP contribution < -0.4 is 5.43 Å². The summed E-state index contributed by atoms with van der Waals surface area (Å²) in [6.45, 7) is 0. The highest BCUT2D eigenvalue weighted by Gasteiger charge is 2.17. The summed E-state index contributed by atoms with van der Waals surface area (Å²) in [5.74, 6) is -0.364. The Kier molecular flexibility index (Phi) is 2.98. The van der Waals surface area contributed by atoms with Crippen molar-refractivity contribution in [2.45, 2.75) is 32.1 Å². The maximum atomic E-state index is 13.8. The highest BCUT2D eigenvalue weighted by atomic mass is 79.9. The van der Waals surface area contributed by atoms with Crippen molar-refractivity contribution in [3.63, 3.8) is 0 Å². The second-order valence-corrected chi connectivity index (χ2v) is 5.61. The molecule has 2 aromatic rings. The topological polar surface area (TPSA) is 32.9 Å². The van der Waals surface area contributed by atoms with Crippen LogP contribution in [0.2, 0.25) is 0 Å². The molecule has 0 amide bonds. The first-order valence-electron chi connectivity index (χ1n) is 6.20. The van der Waals surface area contributed by atoms with Crippen LogP contribution in [0.5, 0.6) is 0 Å². The largest absolute Gasteiger partial charge is 0.356 e. The van der Waals surface area contributed by atoms with Gasteiger partial charge in [0.25, 0.3) is 0 Å². The molecule has 1 aromatic heterocycles. The summed E-state index contributed by atoms with van der Waals surface area (Å²) in [7, 11) is 0. The lowest BCUT2D eigenvalue weighted by Crippen LogP contribution is -2.15. The van der Waals surface area contributed by atoms with Gasteiger partial charge in [0.2, 0.25) is 0 Å². The van der Waals surface area contributed by atoms with Crippen molar-refractivity contribution >= 4 is 26.8 Å². The first-order valence-corrected chi connectivity index (χ1v) is 6.99. The first kappa shape index (κ1) is 11.9. The van der Waals surface area contributed by atoms with Crippen LogP contribution in [-0.4, -0.2) is 4.98 Å². The molecule has 2 nitrogen and oxygen atoms in total. The SMILES string of the molecule is O=c1c2c([nH]c3c(F)ccc(Br)c13)CCCCC2. The Morgan fingerprint density at radius 2 is 1.94 bits per heavy atom. The second-order valence-electron chi connectivity index (χ2n) is 4.75. The van der Waals surface area contributed by atoms with Gasteiger partial charge in [-0.15, -0.1) is 0 Å². The zero-order chi connectivity index (χ0) is 12.7. The van der Waals surface area contributed by atoms with E-state index in [4.69, 9.17) is 0 Å². The molecule has 0 radical (unpaired) electrons. The van der Waals surface area contributed by atoms with Crippen LogP contribution in [0, 0.1) is 5.82 Å². The fraction of sp³-hybridized carbons (Fsp3) is 0.357. The molecule has 1 aliphatic rings. The van der Waals surface area contributed by atoms with E-state index in [0.29, 0.717) is 15.4 Å². The van der Waals surface area contributed by atoms with Crippen molar-refractivity contribution < 1.29 is 4.39 Å². The predicted molar refractivity (Wildman–Crippen MR) is 73.5 cm³/mol. The number of aromatic amines is 1. The highest BCUT2D eigenvalue weighted by Crippen LogP contribution is 2.25. The quantitative estimate of drug-likeness (QED) is 0.740. The molecule has 0 saturated heterocycles. The third-order valence-corrected chi connectivity index (χ3v) is 4.26. The lowest BCUT2D eigenvalue weighted by Gasteiger charge is -2.09. The van der Waals surface area contributed by atoms with Gasteiger partial charge in [0, 0.05) is 15.7 Å². The molecule has 0 spiro atoms. The monoisotopic (exact) mass is 309 g/mol. The standard InChI is InChI=1S/C14H13BrFNO/c15-9-6-7-10(16)13-12(9)14(18)8-4-2-1-3-5-11(8)17-13/h6-7H,1-5H2,(H,17,18). The van der Waals surface area contributed by atoms with Crippen molar-refractivity contribution in [1.82, 2.24) is 4.98 Å². The van der Waals surface area contributed by atoms with Gasteiger partial charge >= 0.3 is 0 Å². The average Bonchev–Trinajstić information content (AvgIpc) is 2.59. The van der Waals surface area contributed by atoms with E-state index < -0.39 is 0 Å². The van der Waals surface area contributed by atoms with Crippen molar-refractivity contribution in [3.05, 3.63) is 43.9 Å². The van der Waals surface area contributed by atoms with Crippen LogP contribution in [0.3, 0.4) is 0 Å². The van der Waals surface area contributed by atoms with Gasteiger partial charge in [0.05, 0.1) is 10.9 Å². The van der Waals surface area contributed by atoms with Crippen molar-refractivity contribution in [1.29, 1.82) is 0 Å². The summed E-state index contributed by atoms with van der Waals surface area (Å²) >= 11 is 3.34. The third-order valence-electron chi connectivity index (χ3n) is 3.60. The number of aromatic nitrogens is 1. The minimum absolute atomic E-state index is 0.0213. The van der Waals surface area contributed by atoms with E-state index in [2.05, 4.69) is 20.9 Å². The summed E-state index contributed by atoms with van der Waals surface area (Å²) in [6.07, 6.45) is 4.86. The first-order chi connectivity index (χ1) is 8.68. The Balaban J connectivity index is 2.42. The molecule has 1 N–H and O–H groups in total. The molecular weight excluding hydrogens is 297 g/mol. The average molecular weight is 310 g/mol. The van der Waals surface area contributed by atoms with Gasteiger partial charge in [-0.3, -0.25) is 4.79 Å². The number of pyridine rings is 1. The van der Waals surface area contributed by atoms with E-state index >= 15 is 0 Å². The van der Waals surface area contributed by atoms with Crippen LogP contribution in [0.15, 0.2) is 21.4 Å². The Bertz CT molecular complexity index is 678. The third kappa shape index (κ3) is 1.79. The summed E-state index contributed by atoms with van der Waals surface area (Å²) < 4.78 is 14.5. The van der Waals surface area contributed by atoms with Crippen LogP contribution in [0.4, 0.5) is 4.39 Å². The number of aryl methyl sites for hydroxylation is 1. The predicted octanol–water partition coefficient (Wildman–Crippen LogP) is 3.70. The number of benzene rings is 1. The van der Waals surface area contributed by atoms with Crippen LogP contribution in [0.25, 0.3) is 10.9 Å². The number of rotatable bonds is 0. The number of hydrogen-bond donors (Lipinski definition) is 1. The van der Waals surface area contributed by atoms with Crippen LogP contribution in [0.1, 0.15) is 30.5 Å². The number of nitrogens with one attached hydrogen (secondary N) is 1. The molecule has 0 unspecified atom stereocenters. The zero-order valence-corrected chi connectivity index (χ0v) is 11.4. The van der Waals surface area contributed by atoms with Crippen molar-refractivity contribution in [2.75, 3.05) is 0 Å². The van der Waals surface area contributed by atoms with Crippen LogP contribution >= 0.6 is 15.9 Å². The lowest BCUT2D eigenvalue weighted by molar-refractivity contribution is 0.635. The molecule has 0 aliphatic heterocycles. The van der Waals surface area contributed by atoms with Gasteiger partial charge in [-0.25, -0.2) is 4.39 Å². The fourth-order valence-electron chi connectivity index (χ4n) is 2.67. The molecule has 1 aromatic carbocycles. The van der Waals surface area contributed by atoms with Crippen molar-refractivity contribution in [3.8, 4) is 0 Å². The van der Waals surface area contributed by atoms with E-state index in [1.165, 1.54) is 6.07 Å². The zero-order valence-electron chi connectivity index (χ0n) is 9.85. The van der Waals surface area contributed by atoms with E-state index in [1.54, 1.807) is 6.07 Å². The smallest absolute Gasteiger partial charge is 0.194 e. The Hall–Kier alpha value is -1.16. The van der Waals surface area contributed by atoms with Gasteiger partial charge in [-0.2, -0.15) is 0 Å². The van der Waals surface area contributed by atoms with Gasteiger partial charge in [0.15, 0.2) is 5.43 Å². The molecule has 0 saturated carbocycles. The van der Waals surface area contributed by atoms with Crippen molar-refractivity contribution in [2.24, 2.45) is 0 Å². The fourth-order valence-corrected chi connectivity index (χ4v) is 3.18. The molecule has 94 valence electrons. The molecule has 4 heteroatoms. The molecule has 0 atom stereocenters. The Morgan fingerprint density at radius 1 is 1.17 bits per heavy atom. The van der Waals surface area contributed by atoms with Gasteiger partial charge in [0.1, 0.15) is 5.82 Å². The number of hydrogen-bond acceptors (Lipinski definition) is 1. The molecule has 0 bridgehead atoms. The molecular formula is C14H13BrFNO. The summed E-state index contributed by atoms with van der Waals surface area (Å²) in [5, 5.41) is 0.440. The van der Waals surface area contributed by atoms with Gasteiger partial charge in [-0.1, -0.05) is 6.42 Å². The highest BCUT2D eigenvalue weighted by molar-refractivity contribution is 9.10. The summed E-state index contributed by atoms with van der Waals surface area (Å²) in [6, 6.07) is 2.97. The minimum atomic E-state index is -0.364.